The number of methoxy groups -OCH3 is 1. The van der Waals surface area contributed by atoms with Crippen LogP contribution in [-0.4, -0.2) is 44.1 Å². The monoisotopic (exact) mass is 374 g/mol. The highest BCUT2D eigenvalue weighted by molar-refractivity contribution is 6.32. The van der Waals surface area contributed by atoms with Crippen molar-refractivity contribution < 1.29 is 13.9 Å². The third kappa shape index (κ3) is 4.17. The first-order chi connectivity index (χ1) is 12.6. The number of carbonyl (C=O) groups is 1. The molecule has 0 saturated carbocycles. The Labute approximate surface area is 157 Å². The van der Waals surface area contributed by atoms with E-state index in [1.807, 2.05) is 24.3 Å². The van der Waals surface area contributed by atoms with Gasteiger partial charge in [0.05, 0.1) is 12.1 Å². The fraction of sp³-hybridized carbons (Fsp3) is 0.250. The van der Waals surface area contributed by atoms with Crippen molar-refractivity contribution in [3.63, 3.8) is 0 Å². The molecule has 0 spiro atoms. The van der Waals surface area contributed by atoms with Gasteiger partial charge in [-0.1, -0.05) is 23.7 Å². The highest BCUT2D eigenvalue weighted by Gasteiger charge is 2.20. The lowest BCUT2D eigenvalue weighted by molar-refractivity contribution is -0.126. The Kier molecular flexibility index (Phi) is 5.78. The topological polar surface area (TPSA) is 32.8 Å². The molecule has 0 aromatic heterocycles. The van der Waals surface area contributed by atoms with Gasteiger partial charge in [-0.05, 0) is 30.3 Å². The van der Waals surface area contributed by atoms with Crippen LogP contribution >= 0.6 is 11.6 Å². The van der Waals surface area contributed by atoms with Crippen LogP contribution in [0.5, 0.6) is 5.75 Å². The highest BCUT2D eigenvalue weighted by Crippen LogP contribution is 2.23. The van der Waals surface area contributed by atoms with Gasteiger partial charge < -0.3 is 14.5 Å². The summed E-state index contributed by atoms with van der Waals surface area (Å²) in [5, 5.41) is 0.289. The molecule has 0 bridgehead atoms. The number of anilines is 1. The third-order valence-electron chi connectivity index (χ3n) is 4.40. The summed E-state index contributed by atoms with van der Waals surface area (Å²) < 4.78 is 19.0. The number of carbonyl (C=O) groups excluding carboxylic acids is 1. The molecule has 1 heterocycles. The molecule has 26 heavy (non-hydrogen) atoms. The normalized spacial score (nSPS) is 14.7. The first-order valence-electron chi connectivity index (χ1n) is 8.38. The Bertz CT molecular complexity index is 797. The van der Waals surface area contributed by atoms with E-state index in [4.69, 9.17) is 16.3 Å². The zero-order valence-electron chi connectivity index (χ0n) is 14.5. The average Bonchev–Trinajstić information content (AvgIpc) is 2.67. The van der Waals surface area contributed by atoms with Crippen LogP contribution in [-0.2, 0) is 4.79 Å². The molecule has 0 radical (unpaired) electrons. The summed E-state index contributed by atoms with van der Waals surface area (Å²) in [5.74, 6) is 0.227. The minimum atomic E-state index is -0.440. The Hall–Kier alpha value is -2.53. The molecule has 0 N–H and O–H groups in total. The molecular formula is C20H20ClFN2O2. The molecule has 1 amide bonds. The first-order valence-corrected chi connectivity index (χ1v) is 8.76. The van der Waals surface area contributed by atoms with E-state index in [0.717, 1.165) is 24.5 Å². The number of nitrogens with zero attached hydrogens (tertiary/aromatic N) is 2. The molecule has 0 aliphatic carbocycles. The second kappa shape index (κ2) is 8.23. The maximum atomic E-state index is 13.8. The maximum absolute atomic E-state index is 13.8. The van der Waals surface area contributed by atoms with Gasteiger partial charge in [-0.2, -0.15) is 0 Å². The quantitative estimate of drug-likeness (QED) is 0.762. The van der Waals surface area contributed by atoms with Crippen LogP contribution in [0, 0.1) is 5.82 Å². The summed E-state index contributed by atoms with van der Waals surface area (Å²) in [6.07, 6.45) is 2.82. The molecule has 0 atom stereocenters. The Balaban J connectivity index is 1.61. The minimum Gasteiger partial charge on any atom is -0.497 e. The van der Waals surface area contributed by atoms with Gasteiger partial charge in [0.2, 0.25) is 5.91 Å². The van der Waals surface area contributed by atoms with Gasteiger partial charge in [-0.15, -0.1) is 0 Å². The number of amides is 1. The van der Waals surface area contributed by atoms with Crippen LogP contribution in [0.4, 0.5) is 10.1 Å². The average molecular weight is 375 g/mol. The molecule has 1 aliphatic rings. The molecule has 1 aliphatic heterocycles. The van der Waals surface area contributed by atoms with Crippen molar-refractivity contribution >= 4 is 29.3 Å². The van der Waals surface area contributed by atoms with Crippen molar-refractivity contribution in [3.05, 3.63) is 64.9 Å². The SMILES string of the molecule is COc1cccc(N2CCN(C(=O)/C=C/c3c(F)cccc3Cl)CC2)c1. The molecule has 3 rings (SSSR count). The van der Waals surface area contributed by atoms with Crippen LogP contribution in [0.2, 0.25) is 5.02 Å². The van der Waals surface area contributed by atoms with Crippen molar-refractivity contribution in [3.8, 4) is 5.75 Å². The number of ether oxygens (including phenoxy) is 1. The van der Waals surface area contributed by atoms with E-state index >= 15 is 0 Å². The van der Waals surface area contributed by atoms with Crippen LogP contribution in [0.1, 0.15) is 5.56 Å². The van der Waals surface area contributed by atoms with Gasteiger partial charge in [0.25, 0.3) is 0 Å². The molecule has 136 valence electrons. The second-order valence-corrected chi connectivity index (χ2v) is 6.39. The lowest BCUT2D eigenvalue weighted by atomic mass is 10.2. The largest absolute Gasteiger partial charge is 0.497 e. The summed E-state index contributed by atoms with van der Waals surface area (Å²) >= 11 is 5.98. The highest BCUT2D eigenvalue weighted by atomic mass is 35.5. The molecular weight excluding hydrogens is 355 g/mol. The molecule has 1 fully saturated rings. The van der Waals surface area contributed by atoms with Gasteiger partial charge in [-0.3, -0.25) is 4.79 Å². The van der Waals surface area contributed by atoms with Crippen molar-refractivity contribution in [2.45, 2.75) is 0 Å². The van der Waals surface area contributed by atoms with E-state index < -0.39 is 5.82 Å². The predicted molar refractivity (Wildman–Crippen MR) is 102 cm³/mol. The maximum Gasteiger partial charge on any atom is 0.246 e. The smallest absolute Gasteiger partial charge is 0.246 e. The minimum absolute atomic E-state index is 0.144. The third-order valence-corrected chi connectivity index (χ3v) is 4.73. The first kappa shape index (κ1) is 18.3. The summed E-state index contributed by atoms with van der Waals surface area (Å²) in [7, 11) is 1.64. The number of piperazine rings is 1. The predicted octanol–water partition coefficient (Wildman–Crippen LogP) is 3.85. The van der Waals surface area contributed by atoms with E-state index in [-0.39, 0.29) is 16.5 Å². The van der Waals surface area contributed by atoms with E-state index in [1.54, 1.807) is 18.1 Å². The van der Waals surface area contributed by atoms with Crippen molar-refractivity contribution in [1.82, 2.24) is 4.90 Å². The number of benzene rings is 2. The number of hydrogen-bond donors (Lipinski definition) is 0. The molecule has 4 nitrogen and oxygen atoms in total. The Morgan fingerprint density at radius 1 is 1.15 bits per heavy atom. The lowest BCUT2D eigenvalue weighted by Gasteiger charge is -2.35. The number of rotatable bonds is 4. The zero-order chi connectivity index (χ0) is 18.5. The van der Waals surface area contributed by atoms with Gasteiger partial charge in [-0.25, -0.2) is 4.39 Å². The zero-order valence-corrected chi connectivity index (χ0v) is 15.2. The van der Waals surface area contributed by atoms with Crippen LogP contribution in [0.3, 0.4) is 0 Å². The fourth-order valence-corrected chi connectivity index (χ4v) is 3.15. The van der Waals surface area contributed by atoms with Gasteiger partial charge in [0.1, 0.15) is 11.6 Å². The van der Waals surface area contributed by atoms with Gasteiger partial charge >= 0.3 is 0 Å². The summed E-state index contributed by atoms with van der Waals surface area (Å²) in [5.41, 5.74) is 1.31. The van der Waals surface area contributed by atoms with Crippen LogP contribution in [0.15, 0.2) is 48.5 Å². The van der Waals surface area contributed by atoms with Gasteiger partial charge in [0.15, 0.2) is 0 Å². The lowest BCUT2D eigenvalue weighted by Crippen LogP contribution is -2.48. The summed E-state index contributed by atoms with van der Waals surface area (Å²) in [4.78, 5) is 16.3. The van der Waals surface area contributed by atoms with E-state index in [0.29, 0.717) is 13.1 Å². The summed E-state index contributed by atoms with van der Waals surface area (Å²) in [6.45, 7) is 2.66. The van der Waals surface area contributed by atoms with Crippen LogP contribution in [0.25, 0.3) is 6.08 Å². The molecule has 2 aromatic carbocycles. The molecule has 6 heteroatoms. The van der Waals surface area contributed by atoms with Crippen molar-refractivity contribution in [1.29, 1.82) is 0 Å². The van der Waals surface area contributed by atoms with E-state index in [1.165, 1.54) is 24.3 Å². The fourth-order valence-electron chi connectivity index (χ4n) is 2.92. The standard InChI is InChI=1S/C20H20ClFN2O2/c1-26-16-5-2-4-15(14-16)23-10-12-24(13-11-23)20(25)9-8-17-18(21)6-3-7-19(17)22/h2-9,14H,10-13H2,1H3/b9-8+. The Morgan fingerprint density at radius 3 is 2.58 bits per heavy atom. The van der Waals surface area contributed by atoms with Crippen molar-refractivity contribution in [2.75, 3.05) is 38.2 Å². The number of halogens is 2. The van der Waals surface area contributed by atoms with E-state index in [9.17, 15) is 9.18 Å². The Morgan fingerprint density at radius 2 is 1.88 bits per heavy atom. The number of hydrogen-bond acceptors (Lipinski definition) is 3. The summed E-state index contributed by atoms with van der Waals surface area (Å²) in [6, 6.07) is 12.3. The van der Waals surface area contributed by atoms with E-state index in [2.05, 4.69) is 4.90 Å². The molecule has 2 aromatic rings. The van der Waals surface area contributed by atoms with Gasteiger partial charge in [0, 0.05) is 49.6 Å². The molecule has 0 unspecified atom stereocenters. The molecule has 1 saturated heterocycles. The van der Waals surface area contributed by atoms with Crippen molar-refractivity contribution in [2.24, 2.45) is 0 Å². The second-order valence-electron chi connectivity index (χ2n) is 5.98. The van der Waals surface area contributed by atoms with Crippen LogP contribution < -0.4 is 9.64 Å².